The molecule has 2 amide bonds. The number of fused-ring (bicyclic) bond motifs is 1. The first-order chi connectivity index (χ1) is 12.0. The van der Waals surface area contributed by atoms with E-state index in [0.717, 1.165) is 22.9 Å². The molecular weight excluding hydrogens is 318 g/mol. The summed E-state index contributed by atoms with van der Waals surface area (Å²) in [7, 11) is 1.60. The zero-order chi connectivity index (χ0) is 17.9. The number of carbonyl (C=O) groups excluding carboxylic acids is 1. The Hall–Kier alpha value is -2.34. The number of hydrogen-bond acceptors (Lipinski definition) is 4. The Morgan fingerprint density at radius 3 is 3.00 bits per heavy atom. The summed E-state index contributed by atoms with van der Waals surface area (Å²) in [5.41, 5.74) is 1.58. The lowest BCUT2D eigenvalue weighted by Gasteiger charge is -2.39. The first-order valence-corrected chi connectivity index (χ1v) is 8.64. The fourth-order valence-corrected chi connectivity index (χ4v) is 3.07. The monoisotopic (exact) mass is 343 g/mol. The molecule has 0 aliphatic carbocycles. The molecule has 3 rings (SSSR count). The van der Waals surface area contributed by atoms with Crippen LogP contribution in [0.25, 0.3) is 10.9 Å². The van der Waals surface area contributed by atoms with Crippen molar-refractivity contribution in [1.82, 2.24) is 15.2 Å². The Bertz CT molecular complexity index is 765. The molecule has 2 heterocycles. The Morgan fingerprint density at radius 2 is 2.24 bits per heavy atom. The van der Waals surface area contributed by atoms with Gasteiger partial charge >= 0.3 is 6.03 Å². The third-order valence-corrected chi connectivity index (χ3v) is 4.79. The maximum absolute atomic E-state index is 12.6. The number of para-hydroxylation sites is 1. The standard InChI is InChI=1S/C19H25N3O3/c1-4-19(2)13-22(9-10-25-19)18(23)20-12-14-11-17(24-3)21-16-8-6-5-7-15(14)16/h5-8,11H,4,9-10,12-13H2,1-3H3,(H,20,23). The maximum atomic E-state index is 12.6. The molecule has 1 fully saturated rings. The van der Waals surface area contributed by atoms with Crippen LogP contribution in [0.2, 0.25) is 0 Å². The molecule has 1 N–H and O–H groups in total. The molecule has 134 valence electrons. The van der Waals surface area contributed by atoms with Crippen molar-refractivity contribution >= 4 is 16.9 Å². The number of methoxy groups -OCH3 is 1. The van der Waals surface area contributed by atoms with Gasteiger partial charge in [0.05, 0.1) is 31.4 Å². The highest BCUT2D eigenvalue weighted by Gasteiger charge is 2.32. The first kappa shape index (κ1) is 17.5. The summed E-state index contributed by atoms with van der Waals surface area (Å²) >= 11 is 0. The van der Waals surface area contributed by atoms with Gasteiger partial charge in [0.25, 0.3) is 0 Å². The summed E-state index contributed by atoms with van der Waals surface area (Å²) in [6.45, 7) is 6.35. The number of hydrogen-bond donors (Lipinski definition) is 1. The normalized spacial score (nSPS) is 20.5. The Labute approximate surface area is 148 Å². The van der Waals surface area contributed by atoms with Gasteiger partial charge < -0.3 is 19.7 Å². The van der Waals surface area contributed by atoms with Crippen molar-refractivity contribution in [2.45, 2.75) is 32.4 Å². The zero-order valence-corrected chi connectivity index (χ0v) is 15.0. The smallest absolute Gasteiger partial charge is 0.317 e. The van der Waals surface area contributed by atoms with Gasteiger partial charge in [-0.05, 0) is 25.0 Å². The van der Waals surface area contributed by atoms with Crippen LogP contribution in [0.3, 0.4) is 0 Å². The number of amides is 2. The van der Waals surface area contributed by atoms with E-state index in [4.69, 9.17) is 9.47 Å². The van der Waals surface area contributed by atoms with Crippen LogP contribution in [-0.4, -0.2) is 48.3 Å². The van der Waals surface area contributed by atoms with Crippen LogP contribution < -0.4 is 10.1 Å². The van der Waals surface area contributed by atoms with E-state index in [2.05, 4.69) is 17.2 Å². The van der Waals surface area contributed by atoms with Crippen molar-refractivity contribution in [1.29, 1.82) is 0 Å². The fourth-order valence-electron chi connectivity index (χ4n) is 3.07. The number of benzene rings is 1. The van der Waals surface area contributed by atoms with E-state index in [1.165, 1.54) is 0 Å². The average molecular weight is 343 g/mol. The number of rotatable bonds is 4. The molecule has 2 aromatic rings. The van der Waals surface area contributed by atoms with Crippen LogP contribution in [0.5, 0.6) is 5.88 Å². The van der Waals surface area contributed by atoms with Crippen LogP contribution in [0.4, 0.5) is 4.79 Å². The van der Waals surface area contributed by atoms with Crippen LogP contribution in [0, 0.1) is 0 Å². The van der Waals surface area contributed by atoms with E-state index in [1.807, 2.05) is 42.2 Å². The van der Waals surface area contributed by atoms with Crippen molar-refractivity contribution in [2.75, 3.05) is 26.8 Å². The second kappa shape index (κ2) is 7.27. The molecule has 1 unspecified atom stereocenters. The summed E-state index contributed by atoms with van der Waals surface area (Å²) in [5, 5.41) is 4.04. The number of ether oxygens (including phenoxy) is 2. The Kier molecular flexibility index (Phi) is 5.08. The van der Waals surface area contributed by atoms with E-state index < -0.39 is 0 Å². The summed E-state index contributed by atoms with van der Waals surface area (Å²) in [6.07, 6.45) is 0.878. The third kappa shape index (κ3) is 3.85. The average Bonchev–Trinajstić information content (AvgIpc) is 2.65. The van der Waals surface area contributed by atoms with Crippen molar-refractivity contribution in [3.05, 3.63) is 35.9 Å². The molecule has 1 saturated heterocycles. The lowest BCUT2D eigenvalue weighted by Crippen LogP contribution is -2.54. The molecule has 1 atom stereocenters. The van der Waals surface area contributed by atoms with Gasteiger partial charge in [-0.2, -0.15) is 0 Å². The predicted octanol–water partition coefficient (Wildman–Crippen LogP) is 2.95. The van der Waals surface area contributed by atoms with E-state index >= 15 is 0 Å². The van der Waals surface area contributed by atoms with Crippen LogP contribution in [-0.2, 0) is 11.3 Å². The number of nitrogens with one attached hydrogen (secondary N) is 1. The van der Waals surface area contributed by atoms with Gasteiger partial charge in [0.2, 0.25) is 5.88 Å². The molecule has 0 saturated carbocycles. The van der Waals surface area contributed by atoms with E-state index in [9.17, 15) is 4.79 Å². The van der Waals surface area contributed by atoms with Gasteiger partial charge in [-0.15, -0.1) is 0 Å². The third-order valence-electron chi connectivity index (χ3n) is 4.79. The van der Waals surface area contributed by atoms with Gasteiger partial charge in [0.1, 0.15) is 0 Å². The predicted molar refractivity (Wildman–Crippen MR) is 96.8 cm³/mol. The number of aromatic nitrogens is 1. The van der Waals surface area contributed by atoms with Crippen molar-refractivity contribution in [3.63, 3.8) is 0 Å². The minimum Gasteiger partial charge on any atom is -0.481 e. The first-order valence-electron chi connectivity index (χ1n) is 8.64. The largest absolute Gasteiger partial charge is 0.481 e. The molecule has 1 aliphatic heterocycles. The highest BCUT2D eigenvalue weighted by atomic mass is 16.5. The lowest BCUT2D eigenvalue weighted by atomic mass is 10.0. The quantitative estimate of drug-likeness (QED) is 0.927. The van der Waals surface area contributed by atoms with Gasteiger partial charge in [-0.1, -0.05) is 25.1 Å². The summed E-state index contributed by atoms with van der Waals surface area (Å²) in [6, 6.07) is 9.66. The topological polar surface area (TPSA) is 63.7 Å². The van der Waals surface area contributed by atoms with E-state index in [0.29, 0.717) is 32.1 Å². The summed E-state index contributed by atoms with van der Waals surface area (Å²) in [5.74, 6) is 0.549. The highest BCUT2D eigenvalue weighted by Crippen LogP contribution is 2.23. The SMILES string of the molecule is CCC1(C)CN(C(=O)NCc2cc(OC)nc3ccccc23)CCO1. The molecule has 6 nitrogen and oxygen atoms in total. The second-order valence-corrected chi connectivity index (χ2v) is 6.57. The number of urea groups is 1. The molecule has 0 radical (unpaired) electrons. The molecule has 25 heavy (non-hydrogen) atoms. The molecule has 1 aromatic carbocycles. The van der Waals surface area contributed by atoms with Crippen LogP contribution in [0.15, 0.2) is 30.3 Å². The highest BCUT2D eigenvalue weighted by molar-refractivity contribution is 5.83. The fraction of sp³-hybridized carbons (Fsp3) is 0.474. The molecular formula is C19H25N3O3. The molecule has 0 bridgehead atoms. The Morgan fingerprint density at radius 1 is 1.44 bits per heavy atom. The van der Waals surface area contributed by atoms with Gasteiger partial charge in [0.15, 0.2) is 0 Å². The maximum Gasteiger partial charge on any atom is 0.317 e. The number of pyridine rings is 1. The molecule has 0 spiro atoms. The molecule has 1 aliphatic rings. The van der Waals surface area contributed by atoms with Crippen molar-refractivity contribution in [2.24, 2.45) is 0 Å². The minimum atomic E-state index is -0.262. The number of carbonyl (C=O) groups is 1. The second-order valence-electron chi connectivity index (χ2n) is 6.57. The van der Waals surface area contributed by atoms with Crippen LogP contribution in [0.1, 0.15) is 25.8 Å². The van der Waals surface area contributed by atoms with Crippen molar-refractivity contribution < 1.29 is 14.3 Å². The minimum absolute atomic E-state index is 0.0668. The zero-order valence-electron chi connectivity index (χ0n) is 15.0. The number of morpholine rings is 1. The van der Waals surface area contributed by atoms with Crippen LogP contribution >= 0.6 is 0 Å². The summed E-state index contributed by atoms with van der Waals surface area (Å²) < 4.78 is 11.1. The van der Waals surface area contributed by atoms with E-state index in [-0.39, 0.29) is 11.6 Å². The number of nitrogens with zero attached hydrogens (tertiary/aromatic N) is 2. The van der Waals surface area contributed by atoms with Gasteiger partial charge in [-0.3, -0.25) is 0 Å². The lowest BCUT2D eigenvalue weighted by molar-refractivity contribution is -0.0872. The van der Waals surface area contributed by atoms with Gasteiger partial charge in [0, 0.05) is 24.5 Å². The summed E-state index contributed by atoms with van der Waals surface area (Å²) in [4.78, 5) is 18.8. The molecule has 6 heteroatoms. The van der Waals surface area contributed by atoms with Gasteiger partial charge in [-0.25, -0.2) is 9.78 Å². The Balaban J connectivity index is 1.73. The van der Waals surface area contributed by atoms with Crippen molar-refractivity contribution in [3.8, 4) is 5.88 Å². The van der Waals surface area contributed by atoms with E-state index in [1.54, 1.807) is 7.11 Å². The molecule has 1 aromatic heterocycles.